The quantitative estimate of drug-likeness (QED) is 0.617. The number of fused-ring (bicyclic) bond motifs is 1. The van der Waals surface area contributed by atoms with E-state index in [0.29, 0.717) is 16.6 Å². The molecular formula is C13H13N3O4. The van der Waals surface area contributed by atoms with E-state index in [4.69, 9.17) is 0 Å². The predicted molar refractivity (Wildman–Crippen MR) is 72.6 cm³/mol. The molecule has 3 rings (SSSR count). The molecule has 2 unspecified atom stereocenters. The van der Waals surface area contributed by atoms with Crippen LogP contribution in [0.15, 0.2) is 30.5 Å². The second-order valence-corrected chi connectivity index (χ2v) is 4.80. The lowest BCUT2D eigenvalue weighted by Crippen LogP contribution is -2.22. The molecule has 1 aliphatic heterocycles. The van der Waals surface area contributed by atoms with Gasteiger partial charge >= 0.3 is 5.69 Å². The summed E-state index contributed by atoms with van der Waals surface area (Å²) in [7, 11) is 0. The standard InChI is InChI=1S/C13H13N3O4/c17-11-6-15(7-12(11)18)10-4-3-9-8(2-1-5-14-9)13(10)16(19)20/h1-5,11-12,17-18H,6-7H2. The van der Waals surface area contributed by atoms with Gasteiger partial charge in [-0.25, -0.2) is 0 Å². The minimum absolute atomic E-state index is 0.0445. The third-order valence-corrected chi connectivity index (χ3v) is 3.52. The molecule has 0 radical (unpaired) electrons. The minimum Gasteiger partial charge on any atom is -0.389 e. The third-order valence-electron chi connectivity index (χ3n) is 3.52. The lowest BCUT2D eigenvalue weighted by Gasteiger charge is -2.18. The number of aromatic nitrogens is 1. The highest BCUT2D eigenvalue weighted by atomic mass is 16.6. The molecule has 7 heteroatoms. The number of nitro benzene ring substituents is 1. The number of hydrogen-bond acceptors (Lipinski definition) is 6. The van der Waals surface area contributed by atoms with Crippen molar-refractivity contribution < 1.29 is 15.1 Å². The van der Waals surface area contributed by atoms with Crippen LogP contribution in [0.4, 0.5) is 11.4 Å². The Morgan fingerprint density at radius 1 is 1.25 bits per heavy atom. The second-order valence-electron chi connectivity index (χ2n) is 4.80. The second kappa shape index (κ2) is 4.69. The minimum atomic E-state index is -0.890. The fraction of sp³-hybridized carbons (Fsp3) is 0.308. The van der Waals surface area contributed by atoms with Crippen molar-refractivity contribution in [2.45, 2.75) is 12.2 Å². The lowest BCUT2D eigenvalue weighted by atomic mass is 10.1. The van der Waals surface area contributed by atoms with Crippen LogP contribution in [-0.4, -0.2) is 45.4 Å². The van der Waals surface area contributed by atoms with Crippen LogP contribution in [0, 0.1) is 10.1 Å². The zero-order valence-corrected chi connectivity index (χ0v) is 10.5. The Kier molecular flexibility index (Phi) is 3.00. The number of β-amino-alcohol motifs (C(OH)–C–C–N with tert-alkyl or cyclic N) is 2. The van der Waals surface area contributed by atoms with E-state index in [2.05, 4.69) is 4.98 Å². The van der Waals surface area contributed by atoms with E-state index in [1.165, 1.54) is 0 Å². The molecule has 2 atom stereocenters. The van der Waals surface area contributed by atoms with Gasteiger partial charge < -0.3 is 15.1 Å². The van der Waals surface area contributed by atoms with Gasteiger partial charge in [0.05, 0.1) is 28.0 Å². The van der Waals surface area contributed by atoms with E-state index in [1.807, 2.05) is 0 Å². The van der Waals surface area contributed by atoms with Crippen LogP contribution in [0.2, 0.25) is 0 Å². The van der Waals surface area contributed by atoms with Crippen LogP contribution in [0.5, 0.6) is 0 Å². The van der Waals surface area contributed by atoms with E-state index in [1.54, 1.807) is 35.4 Å². The average molecular weight is 275 g/mol. The number of nitrogens with zero attached hydrogens (tertiary/aromatic N) is 3. The molecule has 0 bridgehead atoms. The summed E-state index contributed by atoms with van der Waals surface area (Å²) >= 11 is 0. The molecule has 1 saturated heterocycles. The largest absolute Gasteiger partial charge is 0.389 e. The van der Waals surface area contributed by atoms with Gasteiger partial charge in [0.15, 0.2) is 0 Å². The summed E-state index contributed by atoms with van der Waals surface area (Å²) in [5, 5.41) is 31.0. The van der Waals surface area contributed by atoms with Crippen molar-refractivity contribution in [2.24, 2.45) is 0 Å². The monoisotopic (exact) mass is 275 g/mol. The summed E-state index contributed by atoms with van der Waals surface area (Å²) < 4.78 is 0. The highest BCUT2D eigenvalue weighted by Gasteiger charge is 2.33. The van der Waals surface area contributed by atoms with E-state index in [9.17, 15) is 20.3 Å². The Morgan fingerprint density at radius 3 is 2.60 bits per heavy atom. The molecule has 1 aromatic carbocycles. The first kappa shape index (κ1) is 12.8. The van der Waals surface area contributed by atoms with Crippen molar-refractivity contribution in [1.29, 1.82) is 0 Å². The molecule has 2 aromatic rings. The zero-order valence-electron chi connectivity index (χ0n) is 10.5. The lowest BCUT2D eigenvalue weighted by molar-refractivity contribution is -0.382. The number of nitro groups is 1. The Balaban J connectivity index is 2.16. The highest BCUT2D eigenvalue weighted by Crippen LogP contribution is 2.36. The molecule has 1 aromatic heterocycles. The van der Waals surface area contributed by atoms with Crippen molar-refractivity contribution in [3.63, 3.8) is 0 Å². The van der Waals surface area contributed by atoms with Crippen LogP contribution in [0.1, 0.15) is 0 Å². The van der Waals surface area contributed by atoms with Gasteiger partial charge in [-0.15, -0.1) is 0 Å². The Hall–Kier alpha value is -2.25. The molecule has 1 fully saturated rings. The average Bonchev–Trinajstić information content (AvgIpc) is 2.77. The maximum atomic E-state index is 11.4. The Labute approximate surface area is 114 Å². The van der Waals surface area contributed by atoms with Crippen LogP contribution in [-0.2, 0) is 0 Å². The highest BCUT2D eigenvalue weighted by molar-refractivity contribution is 5.94. The molecule has 0 aliphatic carbocycles. The van der Waals surface area contributed by atoms with Crippen LogP contribution < -0.4 is 4.90 Å². The summed E-state index contributed by atoms with van der Waals surface area (Å²) in [6, 6.07) is 6.60. The smallest absolute Gasteiger partial charge is 0.301 e. The van der Waals surface area contributed by atoms with E-state index < -0.39 is 17.1 Å². The molecule has 0 saturated carbocycles. The van der Waals surface area contributed by atoms with E-state index in [0.717, 1.165) is 0 Å². The van der Waals surface area contributed by atoms with Crippen molar-refractivity contribution in [1.82, 2.24) is 4.98 Å². The van der Waals surface area contributed by atoms with Crippen LogP contribution in [0.25, 0.3) is 10.9 Å². The van der Waals surface area contributed by atoms with Gasteiger partial charge in [0, 0.05) is 19.3 Å². The number of benzene rings is 1. The Morgan fingerprint density at radius 2 is 1.95 bits per heavy atom. The molecule has 104 valence electrons. The topological polar surface area (TPSA) is 99.7 Å². The number of pyridine rings is 1. The van der Waals surface area contributed by atoms with E-state index >= 15 is 0 Å². The molecule has 0 spiro atoms. The van der Waals surface area contributed by atoms with Gasteiger partial charge in [-0.3, -0.25) is 15.1 Å². The molecule has 1 aliphatic rings. The van der Waals surface area contributed by atoms with Crippen molar-refractivity contribution in [3.8, 4) is 0 Å². The third kappa shape index (κ3) is 1.97. The summed E-state index contributed by atoms with van der Waals surface area (Å²) in [6.45, 7) is 0.349. The number of aliphatic hydroxyl groups is 2. The summed E-state index contributed by atoms with van der Waals surface area (Å²) in [4.78, 5) is 16.7. The molecule has 0 amide bonds. The normalized spacial score (nSPS) is 22.4. The number of rotatable bonds is 2. The molecule has 20 heavy (non-hydrogen) atoms. The SMILES string of the molecule is O=[N+]([O-])c1c(N2CC(O)C(O)C2)ccc2ncccc12. The molecule has 2 heterocycles. The number of anilines is 1. The van der Waals surface area contributed by atoms with Gasteiger partial charge in [-0.2, -0.15) is 0 Å². The van der Waals surface area contributed by atoms with Gasteiger partial charge in [-0.1, -0.05) is 0 Å². The fourth-order valence-electron chi connectivity index (χ4n) is 2.54. The predicted octanol–water partition coefficient (Wildman–Crippen LogP) is 0.685. The van der Waals surface area contributed by atoms with Crippen molar-refractivity contribution in [3.05, 3.63) is 40.6 Å². The van der Waals surface area contributed by atoms with Gasteiger partial charge in [0.2, 0.25) is 0 Å². The first-order valence-electron chi connectivity index (χ1n) is 6.21. The first-order valence-corrected chi connectivity index (χ1v) is 6.21. The van der Waals surface area contributed by atoms with Crippen molar-refractivity contribution >= 4 is 22.3 Å². The van der Waals surface area contributed by atoms with Crippen LogP contribution >= 0.6 is 0 Å². The number of aliphatic hydroxyl groups excluding tert-OH is 2. The summed E-state index contributed by atoms with van der Waals surface area (Å²) in [5.41, 5.74) is 0.895. The van der Waals surface area contributed by atoms with Crippen LogP contribution in [0.3, 0.4) is 0 Å². The first-order chi connectivity index (χ1) is 9.58. The van der Waals surface area contributed by atoms with Crippen molar-refractivity contribution in [2.75, 3.05) is 18.0 Å². The Bertz CT molecular complexity index is 666. The summed E-state index contributed by atoms with van der Waals surface area (Å²) in [5.74, 6) is 0. The van der Waals surface area contributed by atoms with E-state index in [-0.39, 0.29) is 18.8 Å². The summed E-state index contributed by atoms with van der Waals surface area (Å²) in [6.07, 6.45) is -0.201. The molecule has 2 N–H and O–H groups in total. The number of hydrogen-bond donors (Lipinski definition) is 2. The maximum Gasteiger partial charge on any atom is 0.301 e. The molecular weight excluding hydrogens is 262 g/mol. The maximum absolute atomic E-state index is 11.4. The zero-order chi connectivity index (χ0) is 14.3. The van der Waals surface area contributed by atoms with Gasteiger partial charge in [0.25, 0.3) is 0 Å². The van der Waals surface area contributed by atoms with Gasteiger partial charge in [-0.05, 0) is 24.3 Å². The fourth-order valence-corrected chi connectivity index (χ4v) is 2.54. The molecule has 7 nitrogen and oxygen atoms in total. The van der Waals surface area contributed by atoms with Gasteiger partial charge in [0.1, 0.15) is 5.69 Å².